The summed E-state index contributed by atoms with van der Waals surface area (Å²) in [7, 11) is 0. The standard InChI is InChI=1S/C12H16N2O4/c15-11(16)6-9-7-14(8-9)12(17)13-4-3-10-2-1-5-18-10/h1-2,5,9H,3-4,6-8H2,(H,13,17)(H,15,16). The Labute approximate surface area is 105 Å². The zero-order valence-corrected chi connectivity index (χ0v) is 9.96. The molecule has 0 aliphatic carbocycles. The number of hydrogen-bond acceptors (Lipinski definition) is 3. The summed E-state index contributed by atoms with van der Waals surface area (Å²) in [6, 6.07) is 3.53. The first-order valence-electron chi connectivity index (χ1n) is 5.92. The van der Waals surface area contributed by atoms with E-state index in [1.165, 1.54) is 0 Å². The fourth-order valence-electron chi connectivity index (χ4n) is 1.97. The van der Waals surface area contributed by atoms with Gasteiger partial charge >= 0.3 is 12.0 Å². The number of furan rings is 1. The average molecular weight is 252 g/mol. The quantitative estimate of drug-likeness (QED) is 0.817. The lowest BCUT2D eigenvalue weighted by molar-refractivity contribution is -0.139. The second-order valence-electron chi connectivity index (χ2n) is 4.43. The number of nitrogens with zero attached hydrogens (tertiary/aromatic N) is 1. The van der Waals surface area contributed by atoms with Crippen LogP contribution in [0.25, 0.3) is 0 Å². The number of carbonyl (C=O) groups excluding carboxylic acids is 1. The van der Waals surface area contributed by atoms with Crippen LogP contribution in [-0.4, -0.2) is 41.6 Å². The molecule has 2 heterocycles. The minimum absolute atomic E-state index is 0.0957. The molecule has 6 heteroatoms. The van der Waals surface area contributed by atoms with E-state index >= 15 is 0 Å². The molecule has 1 aromatic rings. The van der Waals surface area contributed by atoms with Gasteiger partial charge in [-0.3, -0.25) is 4.79 Å². The molecule has 18 heavy (non-hydrogen) atoms. The van der Waals surface area contributed by atoms with E-state index in [2.05, 4.69) is 5.32 Å². The van der Waals surface area contributed by atoms with Crippen LogP contribution in [0.4, 0.5) is 4.79 Å². The Morgan fingerprint density at radius 2 is 2.28 bits per heavy atom. The molecule has 6 nitrogen and oxygen atoms in total. The van der Waals surface area contributed by atoms with Crippen molar-refractivity contribution >= 4 is 12.0 Å². The second kappa shape index (κ2) is 5.57. The fraction of sp³-hybridized carbons (Fsp3) is 0.500. The van der Waals surface area contributed by atoms with Gasteiger partial charge in [-0.1, -0.05) is 0 Å². The van der Waals surface area contributed by atoms with Gasteiger partial charge in [-0.15, -0.1) is 0 Å². The third-order valence-corrected chi connectivity index (χ3v) is 2.94. The number of likely N-dealkylation sites (tertiary alicyclic amines) is 1. The maximum atomic E-state index is 11.6. The average Bonchev–Trinajstić information content (AvgIpc) is 2.75. The zero-order valence-electron chi connectivity index (χ0n) is 9.96. The van der Waals surface area contributed by atoms with Gasteiger partial charge in [0.25, 0.3) is 0 Å². The molecule has 2 N–H and O–H groups in total. The molecule has 0 unspecified atom stereocenters. The Bertz CT molecular complexity index is 410. The molecule has 1 aliphatic heterocycles. The van der Waals surface area contributed by atoms with Crippen LogP contribution in [0.5, 0.6) is 0 Å². The number of amides is 2. The van der Waals surface area contributed by atoms with Gasteiger partial charge in [0.1, 0.15) is 5.76 Å². The summed E-state index contributed by atoms with van der Waals surface area (Å²) in [4.78, 5) is 23.7. The molecule has 0 bridgehead atoms. The van der Waals surface area contributed by atoms with Crippen LogP contribution >= 0.6 is 0 Å². The first kappa shape index (κ1) is 12.5. The first-order valence-corrected chi connectivity index (χ1v) is 5.92. The van der Waals surface area contributed by atoms with Gasteiger partial charge in [0.2, 0.25) is 0 Å². The number of nitrogens with one attached hydrogen (secondary N) is 1. The maximum Gasteiger partial charge on any atom is 0.317 e. The van der Waals surface area contributed by atoms with Crippen molar-refractivity contribution in [2.24, 2.45) is 5.92 Å². The van der Waals surface area contributed by atoms with E-state index in [0.29, 0.717) is 26.1 Å². The summed E-state index contributed by atoms with van der Waals surface area (Å²) in [6.45, 7) is 1.57. The van der Waals surface area contributed by atoms with Crippen molar-refractivity contribution in [2.45, 2.75) is 12.8 Å². The Hall–Kier alpha value is -1.98. The molecule has 1 aromatic heterocycles. The van der Waals surface area contributed by atoms with Crippen LogP contribution in [0.1, 0.15) is 12.2 Å². The van der Waals surface area contributed by atoms with E-state index in [1.54, 1.807) is 11.2 Å². The van der Waals surface area contributed by atoms with Crippen molar-refractivity contribution in [2.75, 3.05) is 19.6 Å². The van der Waals surface area contributed by atoms with E-state index < -0.39 is 5.97 Å². The van der Waals surface area contributed by atoms with Gasteiger partial charge in [0.05, 0.1) is 12.7 Å². The molecule has 0 atom stereocenters. The third-order valence-electron chi connectivity index (χ3n) is 2.94. The van der Waals surface area contributed by atoms with E-state index in [-0.39, 0.29) is 18.4 Å². The van der Waals surface area contributed by atoms with E-state index in [0.717, 1.165) is 5.76 Å². The van der Waals surface area contributed by atoms with Crippen molar-refractivity contribution in [1.82, 2.24) is 10.2 Å². The third kappa shape index (κ3) is 3.26. The molecule has 1 saturated heterocycles. The molecular weight excluding hydrogens is 236 g/mol. The van der Waals surface area contributed by atoms with Crippen molar-refractivity contribution in [3.63, 3.8) is 0 Å². The molecule has 0 saturated carbocycles. The SMILES string of the molecule is O=C(O)CC1CN(C(=O)NCCc2ccco2)C1. The lowest BCUT2D eigenvalue weighted by Crippen LogP contribution is -2.54. The van der Waals surface area contributed by atoms with Crippen molar-refractivity contribution in [3.05, 3.63) is 24.2 Å². The number of urea groups is 1. The summed E-state index contributed by atoms with van der Waals surface area (Å²) in [6.07, 6.45) is 2.39. The van der Waals surface area contributed by atoms with E-state index in [9.17, 15) is 9.59 Å². The minimum Gasteiger partial charge on any atom is -0.481 e. The van der Waals surface area contributed by atoms with Crippen LogP contribution in [0, 0.1) is 5.92 Å². The number of carboxylic acid groups (broad SMARTS) is 1. The Morgan fingerprint density at radius 1 is 1.50 bits per heavy atom. The van der Waals surface area contributed by atoms with Crippen molar-refractivity contribution < 1.29 is 19.1 Å². The van der Waals surface area contributed by atoms with Crippen LogP contribution in [0.2, 0.25) is 0 Å². The van der Waals surface area contributed by atoms with E-state index in [1.807, 2.05) is 12.1 Å². The molecule has 1 fully saturated rings. The molecule has 98 valence electrons. The summed E-state index contributed by atoms with van der Waals surface area (Å²) >= 11 is 0. The molecule has 2 rings (SSSR count). The second-order valence-corrected chi connectivity index (χ2v) is 4.43. The highest BCUT2D eigenvalue weighted by molar-refractivity contribution is 5.75. The normalized spacial score (nSPS) is 15.2. The Kier molecular flexibility index (Phi) is 3.86. The first-order chi connectivity index (χ1) is 8.65. The van der Waals surface area contributed by atoms with Crippen LogP contribution in [0.3, 0.4) is 0 Å². The summed E-state index contributed by atoms with van der Waals surface area (Å²) in [5.74, 6) is 0.124. The largest absolute Gasteiger partial charge is 0.481 e. The number of carboxylic acids is 1. The highest BCUT2D eigenvalue weighted by Gasteiger charge is 2.31. The van der Waals surface area contributed by atoms with Gasteiger partial charge in [0, 0.05) is 32.0 Å². The summed E-state index contributed by atoms with van der Waals surface area (Å²) in [5, 5.41) is 11.4. The van der Waals surface area contributed by atoms with Gasteiger partial charge in [-0.25, -0.2) is 4.79 Å². The number of hydrogen-bond donors (Lipinski definition) is 2. The fourth-order valence-corrected chi connectivity index (χ4v) is 1.97. The predicted octanol–water partition coefficient (Wildman–Crippen LogP) is 0.938. The molecule has 2 amide bonds. The lowest BCUT2D eigenvalue weighted by atomic mass is 9.97. The molecule has 0 aromatic carbocycles. The van der Waals surface area contributed by atoms with E-state index in [4.69, 9.17) is 9.52 Å². The minimum atomic E-state index is -0.808. The van der Waals surface area contributed by atoms with Crippen LogP contribution in [-0.2, 0) is 11.2 Å². The monoisotopic (exact) mass is 252 g/mol. The molecule has 0 spiro atoms. The summed E-state index contributed by atoms with van der Waals surface area (Å²) in [5.41, 5.74) is 0. The summed E-state index contributed by atoms with van der Waals surface area (Å²) < 4.78 is 5.15. The van der Waals surface area contributed by atoms with Crippen LogP contribution in [0.15, 0.2) is 22.8 Å². The maximum absolute atomic E-state index is 11.6. The predicted molar refractivity (Wildman–Crippen MR) is 63.1 cm³/mol. The van der Waals surface area contributed by atoms with Gasteiger partial charge < -0.3 is 19.7 Å². The van der Waals surface area contributed by atoms with Crippen molar-refractivity contribution in [3.8, 4) is 0 Å². The molecular formula is C12H16N2O4. The molecule has 0 radical (unpaired) electrons. The topological polar surface area (TPSA) is 82.8 Å². The van der Waals surface area contributed by atoms with Gasteiger partial charge in [0.15, 0.2) is 0 Å². The van der Waals surface area contributed by atoms with Crippen molar-refractivity contribution in [1.29, 1.82) is 0 Å². The van der Waals surface area contributed by atoms with Crippen LogP contribution < -0.4 is 5.32 Å². The van der Waals surface area contributed by atoms with Gasteiger partial charge in [-0.2, -0.15) is 0 Å². The highest BCUT2D eigenvalue weighted by atomic mass is 16.4. The highest BCUT2D eigenvalue weighted by Crippen LogP contribution is 2.18. The Morgan fingerprint density at radius 3 is 2.89 bits per heavy atom. The zero-order chi connectivity index (χ0) is 13.0. The Balaban J connectivity index is 1.60. The number of carbonyl (C=O) groups is 2. The number of aliphatic carboxylic acids is 1. The smallest absolute Gasteiger partial charge is 0.317 e. The molecule has 1 aliphatic rings. The lowest BCUT2D eigenvalue weighted by Gasteiger charge is -2.38. The number of rotatable bonds is 5. The van der Waals surface area contributed by atoms with Gasteiger partial charge in [-0.05, 0) is 12.1 Å².